The third-order valence-corrected chi connectivity index (χ3v) is 4.48. The molecule has 0 aliphatic heterocycles. The quantitative estimate of drug-likeness (QED) is 0.461. The van der Waals surface area contributed by atoms with Gasteiger partial charge in [0.15, 0.2) is 6.61 Å². The van der Waals surface area contributed by atoms with Crippen molar-refractivity contribution in [2.24, 2.45) is 0 Å². The van der Waals surface area contributed by atoms with Gasteiger partial charge in [-0.1, -0.05) is 36.4 Å². The topological polar surface area (TPSA) is 87.0 Å². The second-order valence-corrected chi connectivity index (χ2v) is 6.31. The number of ether oxygens (including phenoxy) is 1. The van der Waals surface area contributed by atoms with Crippen LogP contribution in [0, 0.1) is 0 Å². The Bertz CT molecular complexity index is 1080. The van der Waals surface area contributed by atoms with E-state index in [0.717, 1.165) is 27.4 Å². The van der Waals surface area contributed by atoms with Gasteiger partial charge in [-0.25, -0.2) is 4.79 Å². The normalized spacial score (nSPS) is 11.0. The average molecular weight is 361 g/mol. The van der Waals surface area contributed by atoms with E-state index in [2.05, 4.69) is 15.3 Å². The van der Waals surface area contributed by atoms with Crippen LogP contribution in [-0.4, -0.2) is 35.0 Å². The molecule has 0 unspecified atom stereocenters. The first-order valence-corrected chi connectivity index (χ1v) is 8.77. The summed E-state index contributed by atoms with van der Waals surface area (Å²) in [5, 5.41) is 4.85. The largest absolute Gasteiger partial charge is 0.451 e. The number of carbonyl (C=O) groups excluding carboxylic acids is 2. The molecule has 6 nitrogen and oxygen atoms in total. The van der Waals surface area contributed by atoms with Crippen molar-refractivity contribution in [3.8, 4) is 0 Å². The zero-order chi connectivity index (χ0) is 18.6. The van der Waals surface area contributed by atoms with Gasteiger partial charge in [0.05, 0.1) is 0 Å². The summed E-state index contributed by atoms with van der Waals surface area (Å²) in [6.45, 7) is 0.173. The summed E-state index contributed by atoms with van der Waals surface area (Å²) >= 11 is 0. The summed E-state index contributed by atoms with van der Waals surface area (Å²) in [6.07, 6.45) is 2.65. The summed E-state index contributed by atoms with van der Waals surface area (Å²) < 4.78 is 5.09. The maximum atomic E-state index is 12.1. The van der Waals surface area contributed by atoms with Gasteiger partial charge < -0.3 is 20.0 Å². The van der Waals surface area contributed by atoms with Gasteiger partial charge in [-0.2, -0.15) is 0 Å². The maximum Gasteiger partial charge on any atom is 0.355 e. The highest BCUT2D eigenvalue weighted by Crippen LogP contribution is 2.18. The van der Waals surface area contributed by atoms with E-state index >= 15 is 0 Å². The van der Waals surface area contributed by atoms with E-state index in [9.17, 15) is 9.59 Å². The second-order valence-electron chi connectivity index (χ2n) is 6.31. The number of aromatic amines is 2. The smallest absolute Gasteiger partial charge is 0.355 e. The van der Waals surface area contributed by atoms with E-state index in [4.69, 9.17) is 4.74 Å². The lowest BCUT2D eigenvalue weighted by Crippen LogP contribution is -2.30. The Hall–Kier alpha value is -3.54. The molecule has 0 bridgehead atoms. The molecule has 4 aromatic rings. The standard InChI is InChI=1S/C21H19N3O3/c25-20(22-10-9-15-12-23-18-8-4-2-6-16(15)18)13-27-21(26)19-11-14-5-1-3-7-17(14)24-19/h1-8,11-12,23-24H,9-10,13H2,(H,22,25). The SMILES string of the molecule is O=C(COC(=O)c1cc2ccccc2[nH]1)NCCc1c[nH]c2ccccc12. The summed E-state index contributed by atoms with van der Waals surface area (Å²) in [5.74, 6) is -0.864. The van der Waals surface area contributed by atoms with Gasteiger partial charge in [-0.05, 0) is 30.2 Å². The lowest BCUT2D eigenvalue weighted by atomic mass is 10.1. The molecule has 0 saturated heterocycles. The molecule has 0 radical (unpaired) electrons. The van der Waals surface area contributed by atoms with E-state index in [1.54, 1.807) is 6.07 Å². The van der Waals surface area contributed by atoms with Gasteiger partial charge in [0, 0.05) is 34.5 Å². The number of para-hydroxylation sites is 2. The number of amides is 1. The van der Waals surface area contributed by atoms with Crippen molar-refractivity contribution in [1.29, 1.82) is 0 Å². The van der Waals surface area contributed by atoms with Gasteiger partial charge in [0.2, 0.25) is 0 Å². The number of fused-ring (bicyclic) bond motifs is 2. The highest BCUT2D eigenvalue weighted by atomic mass is 16.5. The number of benzene rings is 2. The third kappa shape index (κ3) is 3.69. The molecule has 0 aliphatic carbocycles. The molecule has 0 aliphatic rings. The van der Waals surface area contributed by atoms with E-state index in [1.165, 1.54) is 0 Å². The summed E-state index contributed by atoms with van der Waals surface area (Å²) in [7, 11) is 0. The molecule has 2 aromatic heterocycles. The third-order valence-electron chi connectivity index (χ3n) is 4.48. The molecule has 2 aromatic carbocycles. The van der Waals surface area contributed by atoms with Crippen molar-refractivity contribution in [1.82, 2.24) is 15.3 Å². The van der Waals surface area contributed by atoms with Crippen LogP contribution in [0.4, 0.5) is 0 Å². The summed E-state index contributed by atoms with van der Waals surface area (Å²) in [6, 6.07) is 17.3. The zero-order valence-corrected chi connectivity index (χ0v) is 14.6. The number of carbonyl (C=O) groups is 2. The maximum absolute atomic E-state index is 12.1. The van der Waals surface area contributed by atoms with E-state index in [-0.39, 0.29) is 12.5 Å². The number of aromatic nitrogens is 2. The molecule has 27 heavy (non-hydrogen) atoms. The highest BCUT2D eigenvalue weighted by Gasteiger charge is 2.13. The van der Waals surface area contributed by atoms with E-state index in [1.807, 2.05) is 54.7 Å². The van der Waals surface area contributed by atoms with Gasteiger partial charge in [-0.15, -0.1) is 0 Å². The minimum absolute atomic E-state index is 0.303. The van der Waals surface area contributed by atoms with Crippen LogP contribution in [0.1, 0.15) is 16.1 Å². The molecule has 1 amide bonds. The average Bonchev–Trinajstić information content (AvgIpc) is 3.30. The van der Waals surface area contributed by atoms with Crippen molar-refractivity contribution >= 4 is 33.7 Å². The van der Waals surface area contributed by atoms with Gasteiger partial charge in [0.1, 0.15) is 5.69 Å². The predicted molar refractivity (Wildman–Crippen MR) is 104 cm³/mol. The van der Waals surface area contributed by atoms with Crippen LogP contribution in [0.25, 0.3) is 21.8 Å². The summed E-state index contributed by atoms with van der Waals surface area (Å²) in [4.78, 5) is 30.2. The molecule has 0 atom stereocenters. The Kier molecular flexibility index (Phi) is 4.61. The highest BCUT2D eigenvalue weighted by molar-refractivity contribution is 5.95. The van der Waals surface area contributed by atoms with Crippen molar-refractivity contribution < 1.29 is 14.3 Å². The van der Waals surface area contributed by atoms with E-state index in [0.29, 0.717) is 18.7 Å². The predicted octanol–water partition coefficient (Wildman–Crippen LogP) is 3.16. The first kappa shape index (κ1) is 16.9. The fraction of sp³-hybridized carbons (Fsp3) is 0.143. The Morgan fingerprint density at radius 2 is 1.78 bits per heavy atom. The second kappa shape index (κ2) is 7.37. The molecule has 136 valence electrons. The fourth-order valence-corrected chi connectivity index (χ4v) is 3.12. The first-order valence-electron chi connectivity index (χ1n) is 8.77. The molecular weight excluding hydrogens is 342 g/mol. The van der Waals surface area contributed by atoms with Gasteiger partial charge in [-0.3, -0.25) is 4.79 Å². The Labute approximate surface area is 155 Å². The Morgan fingerprint density at radius 3 is 2.63 bits per heavy atom. The van der Waals surface area contributed by atoms with Crippen LogP contribution in [0.5, 0.6) is 0 Å². The molecule has 6 heteroatoms. The van der Waals surface area contributed by atoms with E-state index < -0.39 is 5.97 Å². The number of rotatable bonds is 6. The van der Waals surface area contributed by atoms with Crippen molar-refractivity contribution in [2.75, 3.05) is 13.2 Å². The number of H-pyrrole nitrogens is 2. The molecule has 0 saturated carbocycles. The van der Waals surface area contributed by atoms with Crippen LogP contribution >= 0.6 is 0 Å². The number of hydrogen-bond donors (Lipinski definition) is 3. The molecule has 0 fully saturated rings. The molecule has 0 spiro atoms. The Balaban J connectivity index is 1.26. The zero-order valence-electron chi connectivity index (χ0n) is 14.6. The molecule has 4 rings (SSSR count). The monoisotopic (exact) mass is 361 g/mol. The van der Waals surface area contributed by atoms with Crippen LogP contribution in [0.15, 0.2) is 60.8 Å². The van der Waals surface area contributed by atoms with Crippen LogP contribution in [0.2, 0.25) is 0 Å². The lowest BCUT2D eigenvalue weighted by molar-refractivity contribution is -0.124. The van der Waals surface area contributed by atoms with Crippen molar-refractivity contribution in [3.63, 3.8) is 0 Å². The van der Waals surface area contributed by atoms with Crippen LogP contribution < -0.4 is 5.32 Å². The lowest BCUT2D eigenvalue weighted by Gasteiger charge is -2.06. The summed E-state index contributed by atoms with van der Waals surface area (Å²) in [5.41, 5.74) is 3.41. The van der Waals surface area contributed by atoms with Crippen LogP contribution in [-0.2, 0) is 16.0 Å². The van der Waals surface area contributed by atoms with Crippen molar-refractivity contribution in [3.05, 3.63) is 72.1 Å². The fourth-order valence-electron chi connectivity index (χ4n) is 3.12. The molecule has 3 N–H and O–H groups in total. The van der Waals surface area contributed by atoms with Crippen molar-refractivity contribution in [2.45, 2.75) is 6.42 Å². The minimum atomic E-state index is -0.544. The molecular formula is C21H19N3O3. The number of nitrogens with one attached hydrogen (secondary N) is 3. The molecule has 2 heterocycles. The minimum Gasteiger partial charge on any atom is -0.451 e. The number of hydrogen-bond acceptors (Lipinski definition) is 3. The van der Waals surface area contributed by atoms with Gasteiger partial charge >= 0.3 is 5.97 Å². The van der Waals surface area contributed by atoms with Gasteiger partial charge in [0.25, 0.3) is 5.91 Å². The first-order chi connectivity index (χ1) is 13.2. The van der Waals surface area contributed by atoms with Crippen LogP contribution in [0.3, 0.4) is 0 Å². The Morgan fingerprint density at radius 1 is 1.00 bits per heavy atom. The number of esters is 1.